The molecule has 6 heterocycles. The van der Waals surface area contributed by atoms with Crippen molar-refractivity contribution in [3.8, 4) is 33.9 Å². The van der Waals surface area contributed by atoms with Crippen LogP contribution in [0.1, 0.15) is 60.3 Å². The van der Waals surface area contributed by atoms with Gasteiger partial charge in [-0.2, -0.15) is 0 Å². The molecule has 0 saturated carbocycles. The van der Waals surface area contributed by atoms with Crippen LogP contribution in [-0.4, -0.2) is 39.0 Å². The number of pyridine rings is 2. The van der Waals surface area contributed by atoms with Gasteiger partial charge < -0.3 is 14.1 Å². The number of fused-ring (bicyclic) bond motifs is 9. The summed E-state index contributed by atoms with van der Waals surface area (Å²) in [5.74, 6) is 2.29. The van der Waals surface area contributed by atoms with Gasteiger partial charge in [-0.1, -0.05) is 13.8 Å². The van der Waals surface area contributed by atoms with Gasteiger partial charge in [-0.05, 0) is 131 Å². The van der Waals surface area contributed by atoms with Crippen LogP contribution in [0.15, 0.2) is 122 Å². The lowest BCUT2D eigenvalue weighted by atomic mass is 9.72. The number of nitrogens with zero attached hydrogens (tertiary/aromatic N) is 7. The quantitative estimate of drug-likeness (QED) is 0.199. The first-order valence-corrected chi connectivity index (χ1v) is 18.2. The SMILES string of the molecule is CC1c2cc3c4c(n(-c5cccnc5)c3cc2-c2cc3c(cc2C1C)c1cc(-c2ncc[nH]2)ccc1n3-c1cccnc1)CCC(c1ncccn1)=C4. The third-order valence-corrected chi connectivity index (χ3v) is 11.6. The molecule has 0 fully saturated rings. The number of aromatic amines is 1. The normalized spacial score (nSPS) is 16.5. The van der Waals surface area contributed by atoms with Gasteiger partial charge in [0.15, 0.2) is 5.82 Å². The van der Waals surface area contributed by atoms with E-state index in [1.54, 1.807) is 6.20 Å². The molecule has 6 aromatic heterocycles. The topological polar surface area (TPSA) is 90.1 Å². The lowest BCUT2D eigenvalue weighted by Crippen LogP contribution is -2.13. The van der Waals surface area contributed by atoms with Gasteiger partial charge in [-0.25, -0.2) is 15.0 Å². The number of hydrogen-bond acceptors (Lipinski definition) is 5. The van der Waals surface area contributed by atoms with E-state index in [2.05, 4.69) is 114 Å². The molecular formula is C45H34N8. The highest BCUT2D eigenvalue weighted by Gasteiger charge is 2.32. The molecule has 0 amide bonds. The zero-order valence-electron chi connectivity index (χ0n) is 29.3. The van der Waals surface area contributed by atoms with Crippen molar-refractivity contribution in [3.63, 3.8) is 0 Å². The van der Waals surface area contributed by atoms with Crippen LogP contribution in [0.2, 0.25) is 0 Å². The highest BCUT2D eigenvalue weighted by Crippen LogP contribution is 2.51. The van der Waals surface area contributed by atoms with Gasteiger partial charge in [0.25, 0.3) is 0 Å². The molecule has 0 bridgehead atoms. The minimum atomic E-state index is 0.310. The van der Waals surface area contributed by atoms with Crippen LogP contribution in [0.3, 0.4) is 0 Å². The molecule has 11 rings (SSSR count). The van der Waals surface area contributed by atoms with E-state index in [1.807, 2.05) is 61.6 Å². The summed E-state index contributed by atoms with van der Waals surface area (Å²) in [5.41, 5.74) is 15.7. The Bertz CT molecular complexity index is 2900. The van der Waals surface area contributed by atoms with E-state index in [1.165, 1.54) is 60.8 Å². The van der Waals surface area contributed by atoms with Crippen LogP contribution in [0.4, 0.5) is 0 Å². The molecule has 0 radical (unpaired) electrons. The number of aromatic nitrogens is 8. The Morgan fingerprint density at radius 1 is 0.623 bits per heavy atom. The Morgan fingerprint density at radius 2 is 1.30 bits per heavy atom. The van der Waals surface area contributed by atoms with Gasteiger partial charge in [0.2, 0.25) is 0 Å². The maximum atomic E-state index is 4.62. The molecule has 3 aromatic carbocycles. The maximum Gasteiger partial charge on any atom is 0.154 e. The van der Waals surface area contributed by atoms with E-state index >= 15 is 0 Å². The van der Waals surface area contributed by atoms with Gasteiger partial charge in [-0.15, -0.1) is 0 Å². The fourth-order valence-corrected chi connectivity index (χ4v) is 8.93. The minimum Gasteiger partial charge on any atom is -0.345 e. The van der Waals surface area contributed by atoms with Crippen LogP contribution in [0.25, 0.3) is 78.2 Å². The van der Waals surface area contributed by atoms with Gasteiger partial charge >= 0.3 is 0 Å². The van der Waals surface area contributed by atoms with Crippen molar-refractivity contribution in [2.45, 2.75) is 38.5 Å². The van der Waals surface area contributed by atoms with Gasteiger partial charge in [0.05, 0.1) is 40.3 Å². The number of imidazole rings is 1. The molecule has 2 atom stereocenters. The lowest BCUT2D eigenvalue weighted by molar-refractivity contribution is 0.617. The zero-order valence-corrected chi connectivity index (χ0v) is 29.3. The summed E-state index contributed by atoms with van der Waals surface area (Å²) in [7, 11) is 0. The largest absolute Gasteiger partial charge is 0.345 e. The fourth-order valence-electron chi connectivity index (χ4n) is 8.93. The lowest BCUT2D eigenvalue weighted by Gasteiger charge is -2.32. The number of hydrogen-bond donors (Lipinski definition) is 1. The average molecular weight is 687 g/mol. The van der Waals surface area contributed by atoms with Crippen molar-refractivity contribution >= 4 is 44.4 Å². The smallest absolute Gasteiger partial charge is 0.154 e. The standard InChI is InChI=1S/C45H34N8/c1-26-27(2)33-21-39-37-19-29(45-50-16-17-51-45)9-11-41(37)53(31-7-4-13-47-25-31)43(39)23-35(33)34-22-42-38(20-32(26)34)36-18-28(44-48-14-5-15-49-44)8-10-40(36)52(42)30-6-3-12-46-24-30/h3-7,9,11-27H,8,10H2,1-2H3,(H,50,51). The predicted molar refractivity (Wildman–Crippen MR) is 211 cm³/mol. The highest BCUT2D eigenvalue weighted by atomic mass is 15.0. The molecule has 8 nitrogen and oxygen atoms in total. The first-order chi connectivity index (χ1) is 26.1. The zero-order chi connectivity index (χ0) is 35.2. The Morgan fingerprint density at radius 3 is 1.98 bits per heavy atom. The van der Waals surface area contributed by atoms with E-state index in [4.69, 9.17) is 0 Å². The average Bonchev–Trinajstić information content (AvgIpc) is 3.95. The van der Waals surface area contributed by atoms with Crippen molar-refractivity contribution in [3.05, 3.63) is 151 Å². The molecule has 2 unspecified atom stereocenters. The molecule has 0 saturated heterocycles. The Kier molecular flexibility index (Phi) is 6.46. The number of allylic oxidation sites excluding steroid dienone is 1. The molecule has 53 heavy (non-hydrogen) atoms. The molecule has 2 aliphatic carbocycles. The van der Waals surface area contributed by atoms with Crippen LogP contribution < -0.4 is 0 Å². The highest BCUT2D eigenvalue weighted by molar-refractivity contribution is 6.12. The van der Waals surface area contributed by atoms with Gasteiger partial charge in [0.1, 0.15) is 5.82 Å². The van der Waals surface area contributed by atoms with E-state index in [0.717, 1.165) is 52.5 Å². The summed E-state index contributed by atoms with van der Waals surface area (Å²) < 4.78 is 4.79. The molecule has 1 N–H and O–H groups in total. The third-order valence-electron chi connectivity index (χ3n) is 11.6. The summed E-state index contributed by atoms with van der Waals surface area (Å²) in [4.78, 5) is 26.2. The Balaban J connectivity index is 1.20. The molecule has 9 aromatic rings. The van der Waals surface area contributed by atoms with Crippen LogP contribution >= 0.6 is 0 Å². The van der Waals surface area contributed by atoms with Gasteiger partial charge in [0, 0.05) is 70.2 Å². The molecule has 254 valence electrons. The predicted octanol–water partition coefficient (Wildman–Crippen LogP) is 10.1. The van der Waals surface area contributed by atoms with Crippen LogP contribution in [0, 0.1) is 0 Å². The minimum absolute atomic E-state index is 0.310. The monoisotopic (exact) mass is 686 g/mol. The summed E-state index contributed by atoms with van der Waals surface area (Å²) in [6.45, 7) is 4.78. The first kappa shape index (κ1) is 30.0. The van der Waals surface area contributed by atoms with Crippen molar-refractivity contribution in [1.29, 1.82) is 0 Å². The maximum absolute atomic E-state index is 4.62. The Hall–Kier alpha value is -6.67. The van der Waals surface area contributed by atoms with Crippen LogP contribution in [0.5, 0.6) is 0 Å². The van der Waals surface area contributed by atoms with Gasteiger partial charge in [-0.3, -0.25) is 9.97 Å². The van der Waals surface area contributed by atoms with E-state index < -0.39 is 0 Å². The summed E-state index contributed by atoms with van der Waals surface area (Å²) in [6.07, 6.45) is 19.0. The third kappa shape index (κ3) is 4.45. The number of benzene rings is 3. The van der Waals surface area contributed by atoms with Crippen LogP contribution in [-0.2, 0) is 6.42 Å². The second kappa shape index (κ2) is 11.4. The fraction of sp³-hybridized carbons (Fsp3) is 0.133. The molecule has 2 aliphatic rings. The van der Waals surface area contributed by atoms with Crippen molar-refractivity contribution in [1.82, 2.24) is 39.0 Å². The molecule has 8 heteroatoms. The van der Waals surface area contributed by atoms with Crippen molar-refractivity contribution < 1.29 is 0 Å². The summed E-state index contributed by atoms with van der Waals surface area (Å²) in [6, 6.07) is 26.7. The number of rotatable bonds is 4. The van der Waals surface area contributed by atoms with E-state index in [9.17, 15) is 0 Å². The Labute approximate surface area is 305 Å². The molecule has 0 aliphatic heterocycles. The molecular weight excluding hydrogens is 653 g/mol. The summed E-state index contributed by atoms with van der Waals surface area (Å²) >= 11 is 0. The first-order valence-electron chi connectivity index (χ1n) is 18.2. The second-order valence-electron chi connectivity index (χ2n) is 14.4. The van der Waals surface area contributed by atoms with E-state index in [0.29, 0.717) is 11.8 Å². The van der Waals surface area contributed by atoms with E-state index in [-0.39, 0.29) is 0 Å². The van der Waals surface area contributed by atoms with Crippen molar-refractivity contribution in [2.24, 2.45) is 0 Å². The molecule has 0 spiro atoms. The number of nitrogens with one attached hydrogen (secondary N) is 1. The second-order valence-corrected chi connectivity index (χ2v) is 14.4. The number of H-pyrrole nitrogens is 1. The summed E-state index contributed by atoms with van der Waals surface area (Å²) in [5, 5.41) is 3.69. The van der Waals surface area contributed by atoms with Crippen molar-refractivity contribution in [2.75, 3.05) is 0 Å².